The summed E-state index contributed by atoms with van der Waals surface area (Å²) in [7, 11) is 0. The van der Waals surface area contributed by atoms with Crippen molar-refractivity contribution in [1.29, 1.82) is 0 Å². The highest BCUT2D eigenvalue weighted by Crippen LogP contribution is 2.21. The van der Waals surface area contributed by atoms with Crippen molar-refractivity contribution in [3.63, 3.8) is 0 Å². The summed E-state index contributed by atoms with van der Waals surface area (Å²) in [4.78, 5) is 2.98. The zero-order chi connectivity index (χ0) is 14.7. The minimum absolute atomic E-state index is 0.487. The number of benzene rings is 2. The van der Waals surface area contributed by atoms with Crippen LogP contribution in [0.3, 0.4) is 0 Å². The van der Waals surface area contributed by atoms with Crippen molar-refractivity contribution in [3.05, 3.63) is 70.8 Å². The molecule has 21 heavy (non-hydrogen) atoms. The van der Waals surface area contributed by atoms with Gasteiger partial charge < -0.3 is 5.73 Å². The molecule has 1 aliphatic heterocycles. The van der Waals surface area contributed by atoms with E-state index in [0.29, 0.717) is 4.99 Å². The quantitative estimate of drug-likeness (QED) is 0.882. The normalized spacial score (nSPS) is 15.2. The summed E-state index contributed by atoms with van der Waals surface area (Å²) >= 11 is 5.17. The highest BCUT2D eigenvalue weighted by molar-refractivity contribution is 7.80. The lowest BCUT2D eigenvalue weighted by atomic mass is 10.0. The fourth-order valence-corrected chi connectivity index (χ4v) is 3.24. The molecule has 0 atom stereocenters. The molecule has 2 N–H and O–H groups in total. The van der Waals surface area contributed by atoms with Crippen LogP contribution in [-0.4, -0.2) is 16.4 Å². The zero-order valence-electron chi connectivity index (χ0n) is 12.1. The fraction of sp³-hybridized carbons (Fsp3) is 0.278. The smallest absolute Gasteiger partial charge is 0.104 e. The SMILES string of the molecule is NC(=S)c1ccccc1CN1CCCc2ccccc2C1. The molecule has 3 rings (SSSR count). The Morgan fingerprint density at radius 2 is 1.76 bits per heavy atom. The van der Waals surface area contributed by atoms with Gasteiger partial charge in [0.1, 0.15) is 4.99 Å². The van der Waals surface area contributed by atoms with E-state index in [0.717, 1.165) is 25.2 Å². The Kier molecular flexibility index (Phi) is 4.32. The summed E-state index contributed by atoms with van der Waals surface area (Å²) in [6.45, 7) is 3.02. The molecule has 2 nitrogen and oxygen atoms in total. The molecular weight excluding hydrogens is 276 g/mol. The van der Waals surface area contributed by atoms with Gasteiger partial charge in [-0.3, -0.25) is 4.90 Å². The Hall–Kier alpha value is -1.71. The molecule has 108 valence electrons. The van der Waals surface area contributed by atoms with Crippen LogP contribution in [0, 0.1) is 0 Å². The van der Waals surface area contributed by atoms with Crippen molar-refractivity contribution in [1.82, 2.24) is 4.90 Å². The molecule has 1 heterocycles. The van der Waals surface area contributed by atoms with E-state index in [1.54, 1.807) is 0 Å². The molecular formula is C18H20N2S. The first-order valence-electron chi connectivity index (χ1n) is 7.41. The molecule has 2 aromatic carbocycles. The Morgan fingerprint density at radius 3 is 2.57 bits per heavy atom. The standard InChI is InChI=1S/C18H20N2S/c19-18(21)17-10-4-3-8-16(17)13-20-11-5-9-14-6-1-2-7-15(14)12-20/h1-4,6-8,10H,5,9,11-13H2,(H2,19,21). The Morgan fingerprint density at radius 1 is 1.05 bits per heavy atom. The van der Waals surface area contributed by atoms with E-state index in [9.17, 15) is 0 Å². The maximum Gasteiger partial charge on any atom is 0.104 e. The monoisotopic (exact) mass is 296 g/mol. The van der Waals surface area contributed by atoms with Gasteiger partial charge in [0.2, 0.25) is 0 Å². The molecule has 1 aliphatic rings. The first kappa shape index (κ1) is 14.2. The topological polar surface area (TPSA) is 29.3 Å². The van der Waals surface area contributed by atoms with Crippen LogP contribution in [0.5, 0.6) is 0 Å². The van der Waals surface area contributed by atoms with E-state index in [4.69, 9.17) is 18.0 Å². The third kappa shape index (κ3) is 3.31. The molecule has 0 aliphatic carbocycles. The first-order chi connectivity index (χ1) is 10.2. The third-order valence-electron chi connectivity index (χ3n) is 4.11. The Labute approximate surface area is 131 Å². The number of rotatable bonds is 3. The van der Waals surface area contributed by atoms with Crippen LogP contribution in [0.25, 0.3) is 0 Å². The van der Waals surface area contributed by atoms with Crippen LogP contribution in [0.4, 0.5) is 0 Å². The van der Waals surface area contributed by atoms with Gasteiger partial charge in [-0.25, -0.2) is 0 Å². The number of fused-ring (bicyclic) bond motifs is 1. The zero-order valence-corrected chi connectivity index (χ0v) is 12.9. The van der Waals surface area contributed by atoms with Gasteiger partial charge in [0.05, 0.1) is 0 Å². The van der Waals surface area contributed by atoms with Crippen molar-refractivity contribution < 1.29 is 0 Å². The molecule has 2 aromatic rings. The number of aryl methyl sites for hydroxylation is 1. The molecule has 0 aromatic heterocycles. The first-order valence-corrected chi connectivity index (χ1v) is 7.82. The van der Waals surface area contributed by atoms with Crippen LogP contribution < -0.4 is 5.73 Å². The van der Waals surface area contributed by atoms with Crippen molar-refractivity contribution >= 4 is 17.2 Å². The minimum Gasteiger partial charge on any atom is -0.389 e. The van der Waals surface area contributed by atoms with Crippen LogP contribution in [0.15, 0.2) is 48.5 Å². The number of nitrogens with zero attached hydrogens (tertiary/aromatic N) is 1. The average molecular weight is 296 g/mol. The van der Waals surface area contributed by atoms with Gasteiger partial charge in [-0.1, -0.05) is 60.7 Å². The lowest BCUT2D eigenvalue weighted by Gasteiger charge is -2.22. The fourth-order valence-electron chi connectivity index (χ4n) is 3.04. The van der Waals surface area contributed by atoms with Crippen molar-refractivity contribution in [2.75, 3.05) is 6.54 Å². The number of hydrogen-bond acceptors (Lipinski definition) is 2. The van der Waals surface area contributed by atoms with E-state index in [1.165, 1.54) is 29.5 Å². The molecule has 0 bridgehead atoms. The highest BCUT2D eigenvalue weighted by atomic mass is 32.1. The molecule has 0 amide bonds. The van der Waals surface area contributed by atoms with Gasteiger partial charge in [-0.2, -0.15) is 0 Å². The number of hydrogen-bond donors (Lipinski definition) is 1. The van der Waals surface area contributed by atoms with Gasteiger partial charge in [0.15, 0.2) is 0 Å². The van der Waals surface area contributed by atoms with E-state index >= 15 is 0 Å². The van der Waals surface area contributed by atoms with E-state index in [-0.39, 0.29) is 0 Å². The van der Waals surface area contributed by atoms with Crippen molar-refractivity contribution in [2.24, 2.45) is 5.73 Å². The molecule has 0 radical (unpaired) electrons. The molecule has 0 fully saturated rings. The Bertz CT molecular complexity index is 651. The predicted molar refractivity (Wildman–Crippen MR) is 91.2 cm³/mol. The summed E-state index contributed by atoms with van der Waals surface area (Å²) in [5.41, 5.74) is 11.0. The second-order valence-corrected chi connectivity index (χ2v) is 6.04. The maximum atomic E-state index is 5.84. The lowest BCUT2D eigenvalue weighted by Crippen LogP contribution is -2.24. The number of thiocarbonyl (C=S) groups is 1. The Balaban J connectivity index is 1.81. The van der Waals surface area contributed by atoms with Crippen LogP contribution in [-0.2, 0) is 19.5 Å². The summed E-state index contributed by atoms with van der Waals surface area (Å²) in [6, 6.07) is 17.0. The second-order valence-electron chi connectivity index (χ2n) is 5.60. The van der Waals surface area contributed by atoms with Crippen molar-refractivity contribution in [2.45, 2.75) is 25.9 Å². The summed E-state index contributed by atoms with van der Waals surface area (Å²) in [6.07, 6.45) is 2.37. The van der Waals surface area contributed by atoms with Crippen LogP contribution >= 0.6 is 12.2 Å². The minimum atomic E-state index is 0.487. The third-order valence-corrected chi connectivity index (χ3v) is 4.33. The van der Waals surface area contributed by atoms with Crippen molar-refractivity contribution in [3.8, 4) is 0 Å². The second kappa shape index (κ2) is 6.37. The van der Waals surface area contributed by atoms with Gasteiger partial charge in [-0.05, 0) is 36.1 Å². The average Bonchev–Trinajstić information content (AvgIpc) is 2.69. The molecule has 0 saturated heterocycles. The molecule has 0 spiro atoms. The lowest BCUT2D eigenvalue weighted by molar-refractivity contribution is 0.261. The van der Waals surface area contributed by atoms with E-state index in [2.05, 4.69) is 41.3 Å². The van der Waals surface area contributed by atoms with E-state index < -0.39 is 0 Å². The van der Waals surface area contributed by atoms with Crippen LogP contribution in [0.1, 0.15) is 28.7 Å². The molecule has 3 heteroatoms. The summed E-state index contributed by atoms with van der Waals surface area (Å²) in [5.74, 6) is 0. The van der Waals surface area contributed by atoms with E-state index in [1.807, 2.05) is 12.1 Å². The molecule has 0 saturated carbocycles. The van der Waals surface area contributed by atoms with Gasteiger partial charge in [0.25, 0.3) is 0 Å². The van der Waals surface area contributed by atoms with Gasteiger partial charge >= 0.3 is 0 Å². The predicted octanol–water partition coefficient (Wildman–Crippen LogP) is 3.27. The highest BCUT2D eigenvalue weighted by Gasteiger charge is 2.15. The maximum absolute atomic E-state index is 5.84. The van der Waals surface area contributed by atoms with Gasteiger partial charge in [0, 0.05) is 18.7 Å². The van der Waals surface area contributed by atoms with Gasteiger partial charge in [-0.15, -0.1) is 0 Å². The molecule has 0 unspecified atom stereocenters. The largest absolute Gasteiger partial charge is 0.389 e. The summed E-state index contributed by atoms with van der Waals surface area (Å²) < 4.78 is 0. The van der Waals surface area contributed by atoms with Crippen LogP contribution in [0.2, 0.25) is 0 Å². The summed E-state index contributed by atoms with van der Waals surface area (Å²) in [5, 5.41) is 0. The number of nitrogens with two attached hydrogens (primary N) is 1.